The van der Waals surface area contributed by atoms with Crippen LogP contribution in [0.3, 0.4) is 0 Å². The first-order valence-corrected chi connectivity index (χ1v) is 6.88. The molecule has 0 aromatic heterocycles. The second-order valence-electron chi connectivity index (χ2n) is 5.22. The molecule has 112 valence electrons. The lowest BCUT2D eigenvalue weighted by Crippen LogP contribution is -2.38. The minimum Gasteiger partial charge on any atom is -0.465 e. The fraction of sp³-hybridized carbons (Fsp3) is 0.400. The molecule has 0 aliphatic heterocycles. The van der Waals surface area contributed by atoms with Gasteiger partial charge in [-0.3, -0.25) is 9.59 Å². The Morgan fingerprint density at radius 2 is 1.95 bits per heavy atom. The Morgan fingerprint density at radius 1 is 1.29 bits per heavy atom. The van der Waals surface area contributed by atoms with E-state index in [1.54, 1.807) is 24.3 Å². The van der Waals surface area contributed by atoms with Gasteiger partial charge in [0.1, 0.15) is 0 Å². The Kier molecular flexibility index (Phi) is 4.57. The molecule has 1 fully saturated rings. The van der Waals surface area contributed by atoms with Crippen LogP contribution in [-0.4, -0.2) is 35.0 Å². The summed E-state index contributed by atoms with van der Waals surface area (Å²) < 4.78 is 0. The fourth-order valence-corrected chi connectivity index (χ4v) is 1.99. The van der Waals surface area contributed by atoms with Crippen LogP contribution in [0.1, 0.15) is 35.7 Å². The summed E-state index contributed by atoms with van der Waals surface area (Å²) in [6.07, 6.45) is 0.768. The third-order valence-corrected chi connectivity index (χ3v) is 3.36. The van der Waals surface area contributed by atoms with Crippen LogP contribution >= 0.6 is 0 Å². The van der Waals surface area contributed by atoms with Crippen molar-refractivity contribution in [3.05, 3.63) is 35.4 Å². The van der Waals surface area contributed by atoms with Gasteiger partial charge in [0.15, 0.2) is 5.78 Å². The molecule has 0 radical (unpaired) electrons. The van der Waals surface area contributed by atoms with Crippen molar-refractivity contribution < 1.29 is 19.5 Å². The summed E-state index contributed by atoms with van der Waals surface area (Å²) >= 11 is 0. The molecule has 0 unspecified atom stereocenters. The van der Waals surface area contributed by atoms with E-state index in [-0.39, 0.29) is 24.2 Å². The molecule has 1 saturated carbocycles. The number of carbonyl (C=O) groups is 3. The molecule has 1 aliphatic carbocycles. The van der Waals surface area contributed by atoms with Gasteiger partial charge in [-0.1, -0.05) is 18.2 Å². The maximum absolute atomic E-state index is 12.1. The lowest BCUT2D eigenvalue weighted by Gasteiger charge is -2.13. The number of hydrogen-bond acceptors (Lipinski definition) is 3. The molecule has 6 nitrogen and oxygen atoms in total. The first-order valence-electron chi connectivity index (χ1n) is 6.88. The van der Waals surface area contributed by atoms with Gasteiger partial charge in [-0.05, 0) is 31.4 Å². The molecule has 3 N–H and O–H groups in total. The largest absolute Gasteiger partial charge is 0.465 e. The number of carboxylic acid groups (broad SMARTS) is 1. The Bertz CT molecular complexity index is 567. The lowest BCUT2D eigenvalue weighted by molar-refractivity contribution is -0.119. The Morgan fingerprint density at radius 3 is 2.57 bits per heavy atom. The molecule has 2 rings (SSSR count). The van der Waals surface area contributed by atoms with E-state index < -0.39 is 12.1 Å². The summed E-state index contributed by atoms with van der Waals surface area (Å²) in [6.45, 7) is 1.49. The second kappa shape index (κ2) is 6.39. The summed E-state index contributed by atoms with van der Waals surface area (Å²) in [6, 6.07) is 6.33. The number of hydrogen-bond donors (Lipinski definition) is 3. The van der Waals surface area contributed by atoms with Gasteiger partial charge in [0.05, 0.1) is 6.04 Å². The molecule has 1 aromatic carbocycles. The SMILES string of the molecule is C[C@H](NC(=O)O)C(=O)Cc1ccccc1C(=O)NC1CC1. The van der Waals surface area contributed by atoms with Gasteiger partial charge in [0, 0.05) is 18.0 Å². The number of benzene rings is 1. The predicted octanol–water partition coefficient (Wildman–Crippen LogP) is 1.35. The first kappa shape index (κ1) is 15.0. The fourth-order valence-electron chi connectivity index (χ4n) is 1.99. The molecular weight excluding hydrogens is 272 g/mol. The quantitative estimate of drug-likeness (QED) is 0.737. The van der Waals surface area contributed by atoms with Crippen LogP contribution in [0.25, 0.3) is 0 Å². The van der Waals surface area contributed by atoms with Gasteiger partial charge in [-0.25, -0.2) is 4.79 Å². The van der Waals surface area contributed by atoms with E-state index in [2.05, 4.69) is 10.6 Å². The summed E-state index contributed by atoms with van der Waals surface area (Å²) in [5, 5.41) is 13.6. The average molecular weight is 290 g/mol. The summed E-state index contributed by atoms with van der Waals surface area (Å²) in [5.41, 5.74) is 1.08. The van der Waals surface area contributed by atoms with E-state index in [9.17, 15) is 14.4 Å². The number of carbonyl (C=O) groups excluding carboxylic acids is 2. The Balaban J connectivity index is 2.06. The van der Waals surface area contributed by atoms with Crippen molar-refractivity contribution in [2.24, 2.45) is 0 Å². The molecule has 0 bridgehead atoms. The van der Waals surface area contributed by atoms with E-state index in [0.29, 0.717) is 11.1 Å². The maximum Gasteiger partial charge on any atom is 0.405 e. The molecule has 21 heavy (non-hydrogen) atoms. The molecule has 6 heteroatoms. The highest BCUT2D eigenvalue weighted by Gasteiger charge is 2.25. The highest BCUT2D eigenvalue weighted by atomic mass is 16.4. The Labute approximate surface area is 122 Å². The van der Waals surface area contributed by atoms with E-state index in [1.165, 1.54) is 6.92 Å². The van der Waals surface area contributed by atoms with Crippen molar-refractivity contribution in [3.63, 3.8) is 0 Å². The number of Topliss-reactive ketones (excluding diaryl/α,β-unsaturated/α-hetero) is 1. The molecule has 0 saturated heterocycles. The molecule has 2 amide bonds. The zero-order valence-electron chi connectivity index (χ0n) is 11.8. The van der Waals surface area contributed by atoms with Crippen molar-refractivity contribution in [3.8, 4) is 0 Å². The second-order valence-corrected chi connectivity index (χ2v) is 5.22. The minimum atomic E-state index is -1.24. The van der Waals surface area contributed by atoms with Gasteiger partial charge in [-0.2, -0.15) is 0 Å². The van der Waals surface area contributed by atoms with Gasteiger partial charge in [-0.15, -0.1) is 0 Å². The van der Waals surface area contributed by atoms with Crippen molar-refractivity contribution >= 4 is 17.8 Å². The van der Waals surface area contributed by atoms with Crippen LogP contribution in [0.4, 0.5) is 4.79 Å². The topological polar surface area (TPSA) is 95.5 Å². The smallest absolute Gasteiger partial charge is 0.405 e. The summed E-state index contributed by atoms with van der Waals surface area (Å²) in [5.74, 6) is -0.455. The van der Waals surface area contributed by atoms with Crippen molar-refractivity contribution in [1.82, 2.24) is 10.6 Å². The third-order valence-electron chi connectivity index (χ3n) is 3.36. The number of amides is 2. The van der Waals surface area contributed by atoms with Crippen LogP contribution in [0, 0.1) is 0 Å². The summed E-state index contributed by atoms with van der Waals surface area (Å²) in [4.78, 5) is 34.7. The standard InChI is InChI=1S/C15H18N2O4/c1-9(16-15(20)21)13(18)8-10-4-2-3-5-12(10)14(19)17-11-6-7-11/h2-5,9,11,16H,6-8H2,1H3,(H,17,19)(H,20,21)/t9-/m0/s1. The van der Waals surface area contributed by atoms with Crippen LogP contribution in [-0.2, 0) is 11.2 Å². The minimum absolute atomic E-state index is 0.0235. The van der Waals surface area contributed by atoms with Crippen LogP contribution in [0.2, 0.25) is 0 Å². The highest BCUT2D eigenvalue weighted by molar-refractivity contribution is 5.98. The number of nitrogens with one attached hydrogen (secondary N) is 2. The van der Waals surface area contributed by atoms with Crippen molar-refractivity contribution in [2.75, 3.05) is 0 Å². The average Bonchev–Trinajstić information content (AvgIpc) is 3.22. The van der Waals surface area contributed by atoms with Crippen LogP contribution < -0.4 is 10.6 Å². The van der Waals surface area contributed by atoms with Gasteiger partial charge in [0.2, 0.25) is 0 Å². The highest BCUT2D eigenvalue weighted by Crippen LogP contribution is 2.20. The lowest BCUT2D eigenvalue weighted by atomic mass is 9.99. The van der Waals surface area contributed by atoms with Crippen molar-refractivity contribution in [1.29, 1.82) is 0 Å². The van der Waals surface area contributed by atoms with E-state index in [4.69, 9.17) is 5.11 Å². The summed E-state index contributed by atoms with van der Waals surface area (Å²) in [7, 11) is 0. The molecule has 1 aliphatic rings. The van der Waals surface area contributed by atoms with E-state index in [1.807, 2.05) is 0 Å². The first-order chi connectivity index (χ1) is 9.97. The maximum atomic E-state index is 12.1. The normalized spacial score (nSPS) is 15.1. The third kappa shape index (κ3) is 4.30. The monoisotopic (exact) mass is 290 g/mol. The van der Waals surface area contributed by atoms with Gasteiger partial charge >= 0.3 is 6.09 Å². The molecule has 0 spiro atoms. The van der Waals surface area contributed by atoms with Crippen LogP contribution in [0.5, 0.6) is 0 Å². The van der Waals surface area contributed by atoms with Gasteiger partial charge < -0.3 is 15.7 Å². The zero-order chi connectivity index (χ0) is 15.4. The van der Waals surface area contributed by atoms with E-state index in [0.717, 1.165) is 12.8 Å². The van der Waals surface area contributed by atoms with E-state index >= 15 is 0 Å². The van der Waals surface area contributed by atoms with Gasteiger partial charge in [0.25, 0.3) is 5.91 Å². The molecule has 1 atom stereocenters. The molecular formula is C15H18N2O4. The van der Waals surface area contributed by atoms with Crippen molar-refractivity contribution in [2.45, 2.75) is 38.3 Å². The number of ketones is 1. The molecule has 0 heterocycles. The zero-order valence-corrected chi connectivity index (χ0v) is 11.8. The number of rotatable bonds is 6. The Hall–Kier alpha value is -2.37. The predicted molar refractivity (Wildman–Crippen MR) is 76.3 cm³/mol. The van der Waals surface area contributed by atoms with Crippen LogP contribution in [0.15, 0.2) is 24.3 Å². The molecule has 1 aromatic rings.